The molecule has 1 atom stereocenters. The van der Waals surface area contributed by atoms with Crippen molar-refractivity contribution < 1.29 is 9.13 Å². The summed E-state index contributed by atoms with van der Waals surface area (Å²) < 4.78 is 18.3. The number of hydrogen-bond acceptors (Lipinski definition) is 3. The van der Waals surface area contributed by atoms with Gasteiger partial charge in [0.1, 0.15) is 5.82 Å². The highest BCUT2D eigenvalue weighted by molar-refractivity contribution is 5.72. The molecule has 14 heavy (non-hydrogen) atoms. The van der Waals surface area contributed by atoms with Crippen LogP contribution in [0.3, 0.4) is 0 Å². The lowest BCUT2D eigenvalue weighted by atomic mass is 10.0. The van der Waals surface area contributed by atoms with Crippen molar-refractivity contribution in [1.29, 1.82) is 0 Å². The second-order valence-electron chi connectivity index (χ2n) is 3.14. The van der Waals surface area contributed by atoms with E-state index in [0.717, 1.165) is 0 Å². The van der Waals surface area contributed by atoms with Crippen LogP contribution in [0.15, 0.2) is 29.3 Å². The minimum atomic E-state index is -0.240. The molecular formula is C10H11FN2O. The molecule has 0 saturated carbocycles. The molecule has 0 aliphatic carbocycles. The minimum Gasteiger partial charge on any atom is -0.465 e. The molecule has 1 aliphatic rings. The molecule has 3 nitrogen and oxygen atoms in total. The Morgan fingerprint density at radius 1 is 1.43 bits per heavy atom. The Morgan fingerprint density at radius 3 is 2.93 bits per heavy atom. The van der Waals surface area contributed by atoms with E-state index in [1.807, 2.05) is 0 Å². The van der Waals surface area contributed by atoms with Gasteiger partial charge in [-0.15, -0.1) is 0 Å². The van der Waals surface area contributed by atoms with E-state index in [4.69, 9.17) is 10.5 Å². The van der Waals surface area contributed by atoms with Crippen LogP contribution >= 0.6 is 0 Å². The van der Waals surface area contributed by atoms with Crippen molar-refractivity contribution in [2.24, 2.45) is 10.7 Å². The number of rotatable bonds is 1. The fourth-order valence-corrected chi connectivity index (χ4v) is 1.50. The summed E-state index contributed by atoms with van der Waals surface area (Å²) >= 11 is 0. The fraction of sp³-hybridized carbons (Fsp3) is 0.300. The maximum Gasteiger partial charge on any atom is 0.282 e. The van der Waals surface area contributed by atoms with Gasteiger partial charge in [0.05, 0.1) is 12.6 Å². The summed E-state index contributed by atoms with van der Waals surface area (Å²) in [6.07, 6.45) is 0.668. The van der Waals surface area contributed by atoms with Crippen molar-refractivity contribution in [2.45, 2.75) is 12.5 Å². The predicted molar refractivity (Wildman–Crippen MR) is 51.3 cm³/mol. The zero-order valence-corrected chi connectivity index (χ0v) is 7.61. The van der Waals surface area contributed by atoms with Crippen molar-refractivity contribution in [3.05, 3.63) is 35.6 Å². The SMILES string of the molecule is NC1=N[C@H](c2ccccc2F)CCO1. The summed E-state index contributed by atoms with van der Waals surface area (Å²) in [5.74, 6) is -0.240. The summed E-state index contributed by atoms with van der Waals surface area (Å²) in [6, 6.07) is 6.54. The fourth-order valence-electron chi connectivity index (χ4n) is 1.50. The molecular weight excluding hydrogens is 183 g/mol. The Kier molecular flexibility index (Phi) is 2.35. The van der Waals surface area contributed by atoms with Crippen molar-refractivity contribution >= 4 is 6.02 Å². The van der Waals surface area contributed by atoms with Crippen LogP contribution in [0.25, 0.3) is 0 Å². The lowest BCUT2D eigenvalue weighted by molar-refractivity contribution is 0.255. The Bertz CT molecular complexity index is 365. The van der Waals surface area contributed by atoms with Crippen LogP contribution in [0.2, 0.25) is 0 Å². The van der Waals surface area contributed by atoms with Gasteiger partial charge in [0.2, 0.25) is 0 Å². The van der Waals surface area contributed by atoms with E-state index in [2.05, 4.69) is 4.99 Å². The molecule has 0 amide bonds. The normalized spacial score (nSPS) is 21.2. The van der Waals surface area contributed by atoms with E-state index in [1.165, 1.54) is 6.07 Å². The van der Waals surface area contributed by atoms with Gasteiger partial charge in [-0.2, -0.15) is 0 Å². The van der Waals surface area contributed by atoms with Gasteiger partial charge >= 0.3 is 0 Å². The van der Waals surface area contributed by atoms with Crippen LogP contribution in [0.1, 0.15) is 18.0 Å². The molecule has 0 bridgehead atoms. The number of ether oxygens (including phenoxy) is 1. The van der Waals surface area contributed by atoms with E-state index >= 15 is 0 Å². The molecule has 2 N–H and O–H groups in total. The predicted octanol–water partition coefficient (Wildman–Crippen LogP) is 1.60. The molecule has 1 aliphatic heterocycles. The summed E-state index contributed by atoms with van der Waals surface area (Å²) in [6.45, 7) is 0.494. The largest absolute Gasteiger partial charge is 0.465 e. The Morgan fingerprint density at radius 2 is 2.21 bits per heavy atom. The van der Waals surface area contributed by atoms with Crippen molar-refractivity contribution in [2.75, 3.05) is 6.61 Å². The maximum atomic E-state index is 13.4. The van der Waals surface area contributed by atoms with Gasteiger partial charge in [0.15, 0.2) is 0 Å². The number of amidine groups is 1. The van der Waals surface area contributed by atoms with E-state index in [0.29, 0.717) is 18.6 Å². The van der Waals surface area contributed by atoms with Crippen LogP contribution in [0.5, 0.6) is 0 Å². The lowest BCUT2D eigenvalue weighted by Crippen LogP contribution is -2.24. The zero-order valence-electron chi connectivity index (χ0n) is 7.61. The molecule has 0 spiro atoms. The molecule has 2 rings (SSSR count). The second-order valence-corrected chi connectivity index (χ2v) is 3.14. The van der Waals surface area contributed by atoms with Gasteiger partial charge in [0.25, 0.3) is 6.02 Å². The highest BCUT2D eigenvalue weighted by atomic mass is 19.1. The second kappa shape index (κ2) is 3.65. The van der Waals surface area contributed by atoms with E-state index in [9.17, 15) is 4.39 Å². The molecule has 1 heterocycles. The first-order valence-corrected chi connectivity index (χ1v) is 4.48. The minimum absolute atomic E-state index is 0.143. The number of aliphatic imine (C=N–C) groups is 1. The van der Waals surface area contributed by atoms with Gasteiger partial charge in [-0.05, 0) is 6.07 Å². The van der Waals surface area contributed by atoms with E-state index in [1.54, 1.807) is 18.2 Å². The third-order valence-corrected chi connectivity index (χ3v) is 2.19. The van der Waals surface area contributed by atoms with Crippen molar-refractivity contribution in [3.63, 3.8) is 0 Å². The molecule has 0 unspecified atom stereocenters. The van der Waals surface area contributed by atoms with Gasteiger partial charge in [-0.25, -0.2) is 9.38 Å². The van der Waals surface area contributed by atoms with E-state index in [-0.39, 0.29) is 17.9 Å². The first-order valence-electron chi connectivity index (χ1n) is 4.48. The highest BCUT2D eigenvalue weighted by Gasteiger charge is 2.18. The smallest absolute Gasteiger partial charge is 0.282 e. The standard InChI is InChI=1S/C10H11FN2O/c11-8-4-2-1-3-7(8)9-5-6-14-10(12)13-9/h1-4,9H,5-6H2,(H2,12,13)/t9-/m0/s1. The zero-order chi connectivity index (χ0) is 9.97. The Balaban J connectivity index is 2.31. The topological polar surface area (TPSA) is 47.6 Å². The summed E-state index contributed by atoms with van der Waals surface area (Å²) in [5.41, 5.74) is 6.00. The van der Waals surface area contributed by atoms with Gasteiger partial charge < -0.3 is 10.5 Å². The molecule has 4 heteroatoms. The van der Waals surface area contributed by atoms with Crippen LogP contribution < -0.4 is 5.73 Å². The number of hydrogen-bond donors (Lipinski definition) is 1. The monoisotopic (exact) mass is 194 g/mol. The summed E-state index contributed by atoms with van der Waals surface area (Å²) in [7, 11) is 0. The maximum absolute atomic E-state index is 13.4. The third-order valence-electron chi connectivity index (χ3n) is 2.19. The average molecular weight is 194 g/mol. The number of nitrogens with zero attached hydrogens (tertiary/aromatic N) is 1. The van der Waals surface area contributed by atoms with Crippen molar-refractivity contribution in [3.8, 4) is 0 Å². The number of nitrogens with two attached hydrogens (primary N) is 1. The Labute approximate surface area is 81.4 Å². The van der Waals surface area contributed by atoms with Crippen LogP contribution in [-0.2, 0) is 4.74 Å². The molecule has 74 valence electrons. The van der Waals surface area contributed by atoms with Gasteiger partial charge in [0, 0.05) is 12.0 Å². The quantitative estimate of drug-likeness (QED) is 0.738. The van der Waals surface area contributed by atoms with Crippen LogP contribution in [0.4, 0.5) is 4.39 Å². The van der Waals surface area contributed by atoms with Gasteiger partial charge in [-0.1, -0.05) is 18.2 Å². The highest BCUT2D eigenvalue weighted by Crippen LogP contribution is 2.25. The van der Waals surface area contributed by atoms with E-state index < -0.39 is 0 Å². The summed E-state index contributed by atoms with van der Waals surface area (Å²) in [4.78, 5) is 4.05. The van der Waals surface area contributed by atoms with Crippen LogP contribution in [-0.4, -0.2) is 12.6 Å². The van der Waals surface area contributed by atoms with Crippen LogP contribution in [0, 0.1) is 5.82 Å². The number of halogens is 1. The molecule has 0 radical (unpaired) electrons. The first-order chi connectivity index (χ1) is 6.77. The van der Waals surface area contributed by atoms with Gasteiger partial charge in [-0.3, -0.25) is 0 Å². The third kappa shape index (κ3) is 1.69. The number of benzene rings is 1. The average Bonchev–Trinajstić information content (AvgIpc) is 2.18. The molecule has 1 aromatic rings. The molecule has 0 fully saturated rings. The summed E-state index contributed by atoms with van der Waals surface area (Å²) in [5, 5.41) is 0. The Hall–Kier alpha value is -1.58. The molecule has 1 aromatic carbocycles. The first kappa shape index (κ1) is 8.99. The van der Waals surface area contributed by atoms with Crippen molar-refractivity contribution in [1.82, 2.24) is 0 Å². The molecule has 0 aromatic heterocycles. The lowest BCUT2D eigenvalue weighted by Gasteiger charge is -2.19. The molecule has 0 saturated heterocycles.